The van der Waals surface area contributed by atoms with Gasteiger partial charge in [0, 0.05) is 51.0 Å². The molecule has 2 aliphatic heterocycles. The second kappa shape index (κ2) is 9.38. The van der Waals surface area contributed by atoms with E-state index < -0.39 is 23.6 Å². The van der Waals surface area contributed by atoms with Crippen molar-refractivity contribution < 1.29 is 22.8 Å². The van der Waals surface area contributed by atoms with E-state index in [2.05, 4.69) is 15.2 Å². The number of carbonyl (C=O) groups is 2. The van der Waals surface area contributed by atoms with Crippen LogP contribution in [0.15, 0.2) is 42.6 Å². The van der Waals surface area contributed by atoms with Gasteiger partial charge in [0.2, 0.25) is 11.8 Å². The van der Waals surface area contributed by atoms with Gasteiger partial charge in [-0.3, -0.25) is 14.6 Å². The predicted molar refractivity (Wildman–Crippen MR) is 118 cm³/mol. The summed E-state index contributed by atoms with van der Waals surface area (Å²) in [7, 11) is 1.97. The number of carbonyl (C=O) groups excluding carboxylic acids is 2. The lowest BCUT2D eigenvalue weighted by Gasteiger charge is -2.34. The highest BCUT2D eigenvalue weighted by Crippen LogP contribution is 2.38. The summed E-state index contributed by atoms with van der Waals surface area (Å²) in [6.45, 7) is 3.21. The number of benzene rings is 1. The maximum Gasteiger partial charge on any atom is 0.418 e. The number of pyridine rings is 1. The van der Waals surface area contributed by atoms with Gasteiger partial charge < -0.3 is 20.0 Å². The van der Waals surface area contributed by atoms with E-state index >= 15 is 0 Å². The number of nitrogens with one attached hydrogen (secondary N) is 1. The summed E-state index contributed by atoms with van der Waals surface area (Å²) in [4.78, 5) is 34.8. The fourth-order valence-electron chi connectivity index (χ4n) is 4.16. The number of rotatable bonds is 5. The van der Waals surface area contributed by atoms with Crippen molar-refractivity contribution in [2.75, 3.05) is 50.0 Å². The Morgan fingerprint density at radius 3 is 2.58 bits per heavy atom. The second-order valence-electron chi connectivity index (χ2n) is 8.50. The van der Waals surface area contributed by atoms with E-state index in [1.807, 2.05) is 11.9 Å². The van der Waals surface area contributed by atoms with E-state index in [1.54, 1.807) is 30.5 Å². The average molecular weight is 461 g/mol. The molecule has 1 unspecified atom stereocenters. The van der Waals surface area contributed by atoms with Crippen molar-refractivity contribution in [3.05, 3.63) is 53.9 Å². The van der Waals surface area contributed by atoms with Crippen LogP contribution in [0.5, 0.6) is 0 Å². The Labute approximate surface area is 190 Å². The van der Waals surface area contributed by atoms with Gasteiger partial charge in [-0.15, -0.1) is 0 Å². The Kier molecular flexibility index (Phi) is 6.55. The van der Waals surface area contributed by atoms with Crippen LogP contribution in [0.25, 0.3) is 0 Å². The number of hydrogen-bond acceptors (Lipinski definition) is 5. The molecule has 1 aromatic carbocycles. The topological polar surface area (TPSA) is 68.8 Å². The lowest BCUT2D eigenvalue weighted by molar-refractivity contribution is -0.137. The van der Waals surface area contributed by atoms with Crippen LogP contribution in [-0.4, -0.2) is 66.4 Å². The molecule has 1 N–H and O–H groups in total. The van der Waals surface area contributed by atoms with E-state index in [4.69, 9.17) is 0 Å². The Hall–Kier alpha value is -3.14. The molecule has 2 aliphatic rings. The van der Waals surface area contributed by atoms with E-state index in [9.17, 15) is 22.8 Å². The number of anilines is 2. The van der Waals surface area contributed by atoms with Gasteiger partial charge in [0.25, 0.3) is 0 Å². The molecule has 1 atom stereocenters. The Morgan fingerprint density at radius 1 is 1.15 bits per heavy atom. The summed E-state index contributed by atoms with van der Waals surface area (Å²) in [6.07, 6.45) is -3.05. The molecule has 7 nitrogen and oxygen atoms in total. The predicted octanol–water partition coefficient (Wildman–Crippen LogP) is 2.84. The Balaban J connectivity index is 1.46. The second-order valence-corrected chi connectivity index (χ2v) is 8.50. The zero-order valence-electron chi connectivity index (χ0n) is 18.3. The maximum atomic E-state index is 13.8. The Bertz CT molecular complexity index is 1010. The smallest absolute Gasteiger partial charge is 0.369 e. The molecule has 0 saturated carbocycles. The highest BCUT2D eigenvalue weighted by atomic mass is 19.4. The maximum absolute atomic E-state index is 13.8. The quantitative estimate of drug-likeness (QED) is 0.742. The first-order chi connectivity index (χ1) is 15.7. The molecule has 33 heavy (non-hydrogen) atoms. The number of likely N-dealkylation sites (tertiary alicyclic amines) is 1. The first-order valence-electron chi connectivity index (χ1n) is 10.8. The lowest BCUT2D eigenvalue weighted by atomic mass is 10.1. The number of halogens is 3. The molecule has 3 heterocycles. The number of aromatic nitrogens is 1. The minimum absolute atomic E-state index is 0.0423. The van der Waals surface area contributed by atoms with Gasteiger partial charge in [-0.1, -0.05) is 6.07 Å². The van der Waals surface area contributed by atoms with Crippen LogP contribution in [-0.2, 0) is 22.3 Å². The molecule has 2 amide bonds. The van der Waals surface area contributed by atoms with Crippen molar-refractivity contribution in [1.82, 2.24) is 14.8 Å². The standard InChI is InChI=1S/C23H26F3N5O2/c1-29-8-10-30(11-9-29)18-5-6-20(19(13-18)23(24,25)26)28-22(33)16-12-21(32)31(14-16)15-17-4-2-3-7-27-17/h2-7,13,16H,8-12,14-15H2,1H3,(H,28,33). The molecule has 0 aliphatic carbocycles. The molecule has 10 heteroatoms. The van der Waals surface area contributed by atoms with Gasteiger partial charge in [-0.2, -0.15) is 13.2 Å². The zero-order chi connectivity index (χ0) is 23.6. The van der Waals surface area contributed by atoms with Crippen molar-refractivity contribution in [3.63, 3.8) is 0 Å². The van der Waals surface area contributed by atoms with Crippen LogP contribution in [0.4, 0.5) is 24.5 Å². The molecular weight excluding hydrogens is 435 g/mol. The molecule has 0 bridgehead atoms. The summed E-state index contributed by atoms with van der Waals surface area (Å²) in [6, 6.07) is 9.34. The van der Waals surface area contributed by atoms with Gasteiger partial charge in [0.1, 0.15) is 0 Å². The number of alkyl halides is 3. The first kappa shape index (κ1) is 23.0. The number of hydrogen-bond donors (Lipinski definition) is 1. The van der Waals surface area contributed by atoms with Gasteiger partial charge in [0.05, 0.1) is 29.4 Å². The minimum atomic E-state index is -4.62. The van der Waals surface area contributed by atoms with Crippen molar-refractivity contribution in [2.45, 2.75) is 19.1 Å². The zero-order valence-corrected chi connectivity index (χ0v) is 18.3. The van der Waals surface area contributed by atoms with Crippen molar-refractivity contribution in [3.8, 4) is 0 Å². The van der Waals surface area contributed by atoms with E-state index in [0.717, 1.165) is 19.2 Å². The molecule has 4 rings (SSSR count). The summed E-state index contributed by atoms with van der Waals surface area (Å²) < 4.78 is 41.4. The van der Waals surface area contributed by atoms with Crippen LogP contribution >= 0.6 is 0 Å². The molecule has 0 spiro atoms. The van der Waals surface area contributed by atoms with Crippen LogP contribution in [0.2, 0.25) is 0 Å². The van der Waals surface area contributed by atoms with E-state index in [-0.39, 0.29) is 31.1 Å². The molecule has 2 fully saturated rings. The van der Waals surface area contributed by atoms with Gasteiger partial charge in [0.15, 0.2) is 0 Å². The molecular formula is C23H26F3N5O2. The number of likely N-dealkylation sites (N-methyl/N-ethyl adjacent to an activating group) is 1. The molecule has 1 aromatic heterocycles. The van der Waals surface area contributed by atoms with Crippen LogP contribution in [0.1, 0.15) is 17.7 Å². The van der Waals surface area contributed by atoms with Gasteiger partial charge in [-0.05, 0) is 37.4 Å². The van der Waals surface area contributed by atoms with E-state index in [1.165, 1.54) is 11.0 Å². The van der Waals surface area contributed by atoms with Crippen LogP contribution in [0.3, 0.4) is 0 Å². The lowest BCUT2D eigenvalue weighted by Crippen LogP contribution is -2.44. The highest BCUT2D eigenvalue weighted by Gasteiger charge is 2.38. The molecule has 176 valence electrons. The van der Waals surface area contributed by atoms with E-state index in [0.29, 0.717) is 24.5 Å². The fraction of sp³-hybridized carbons (Fsp3) is 0.435. The first-order valence-corrected chi connectivity index (χ1v) is 10.8. The monoisotopic (exact) mass is 461 g/mol. The Morgan fingerprint density at radius 2 is 1.91 bits per heavy atom. The summed E-state index contributed by atoms with van der Waals surface area (Å²) in [5.74, 6) is -1.54. The largest absolute Gasteiger partial charge is 0.418 e. The normalized spacial score (nSPS) is 19.8. The van der Waals surface area contributed by atoms with Gasteiger partial charge in [-0.25, -0.2) is 0 Å². The number of amides is 2. The van der Waals surface area contributed by atoms with Crippen molar-refractivity contribution >= 4 is 23.2 Å². The highest BCUT2D eigenvalue weighted by molar-refractivity contribution is 5.98. The molecule has 2 saturated heterocycles. The van der Waals surface area contributed by atoms with Crippen molar-refractivity contribution in [1.29, 1.82) is 0 Å². The number of nitrogens with zero attached hydrogens (tertiary/aromatic N) is 4. The minimum Gasteiger partial charge on any atom is -0.369 e. The SMILES string of the molecule is CN1CCN(c2ccc(NC(=O)C3CC(=O)N(Cc4ccccn4)C3)c(C(F)(F)F)c2)CC1. The molecule has 0 radical (unpaired) electrons. The van der Waals surface area contributed by atoms with Crippen LogP contribution < -0.4 is 10.2 Å². The van der Waals surface area contributed by atoms with Crippen molar-refractivity contribution in [2.24, 2.45) is 5.92 Å². The summed E-state index contributed by atoms with van der Waals surface area (Å²) in [5, 5.41) is 2.42. The third-order valence-electron chi connectivity index (χ3n) is 6.10. The fourth-order valence-corrected chi connectivity index (χ4v) is 4.16. The summed E-state index contributed by atoms with van der Waals surface area (Å²) >= 11 is 0. The third kappa shape index (κ3) is 5.44. The number of piperazine rings is 1. The van der Waals surface area contributed by atoms with Gasteiger partial charge >= 0.3 is 6.18 Å². The van der Waals surface area contributed by atoms with Crippen LogP contribution in [0, 0.1) is 5.92 Å². The average Bonchev–Trinajstić information content (AvgIpc) is 3.15. The third-order valence-corrected chi connectivity index (χ3v) is 6.10. The summed E-state index contributed by atoms with van der Waals surface area (Å²) in [5.41, 5.74) is -0.0142. The molecule has 2 aromatic rings.